The molecule has 4 heteroatoms. The Bertz CT molecular complexity index is 222. The lowest BCUT2D eigenvalue weighted by molar-refractivity contribution is -0.134. The molecule has 0 spiro atoms. The molecule has 2 atom stereocenters. The van der Waals surface area contributed by atoms with Gasteiger partial charge in [-0.2, -0.15) is 0 Å². The molecule has 0 aromatic carbocycles. The van der Waals surface area contributed by atoms with Crippen molar-refractivity contribution in [3.8, 4) is 0 Å². The number of hydrogen-bond donors (Lipinski definition) is 0. The van der Waals surface area contributed by atoms with Gasteiger partial charge < -0.3 is 9.64 Å². The Morgan fingerprint density at radius 3 is 3.14 bits per heavy atom. The van der Waals surface area contributed by atoms with E-state index in [1.54, 1.807) is 0 Å². The maximum Gasteiger partial charge on any atom is 0.228 e. The van der Waals surface area contributed by atoms with Gasteiger partial charge in [-0.25, -0.2) is 0 Å². The number of nitrogens with zero attached hydrogens (tertiary/aromatic N) is 1. The van der Waals surface area contributed by atoms with Crippen LogP contribution in [0.15, 0.2) is 0 Å². The molecule has 0 aliphatic carbocycles. The molecule has 0 aromatic heterocycles. The molecule has 0 N–H and O–H groups in total. The van der Waals surface area contributed by atoms with E-state index in [-0.39, 0.29) is 11.8 Å². The summed E-state index contributed by atoms with van der Waals surface area (Å²) in [4.78, 5) is 13.8. The molecule has 1 amide bonds. The molecule has 2 aliphatic rings. The van der Waals surface area contributed by atoms with E-state index in [4.69, 9.17) is 16.3 Å². The normalized spacial score (nSPS) is 32.1. The molecule has 2 heterocycles. The fourth-order valence-electron chi connectivity index (χ4n) is 2.33. The van der Waals surface area contributed by atoms with Crippen LogP contribution in [0, 0.1) is 11.8 Å². The average molecular weight is 218 g/mol. The third kappa shape index (κ3) is 1.89. The molecule has 2 rings (SSSR count). The molecule has 0 aromatic rings. The number of fused-ring (bicyclic) bond motifs is 1. The van der Waals surface area contributed by atoms with E-state index in [9.17, 15) is 4.79 Å². The van der Waals surface area contributed by atoms with E-state index in [1.807, 2.05) is 4.90 Å². The number of carbonyl (C=O) groups is 1. The minimum Gasteiger partial charge on any atom is -0.381 e. The fraction of sp³-hybridized carbons (Fsp3) is 0.900. The first kappa shape index (κ1) is 10.2. The Morgan fingerprint density at radius 2 is 2.43 bits per heavy atom. The van der Waals surface area contributed by atoms with Gasteiger partial charge in [0.05, 0.1) is 12.5 Å². The van der Waals surface area contributed by atoms with Gasteiger partial charge in [0.2, 0.25) is 5.91 Å². The van der Waals surface area contributed by atoms with Gasteiger partial charge in [-0.1, -0.05) is 0 Å². The van der Waals surface area contributed by atoms with Crippen molar-refractivity contribution in [2.45, 2.75) is 12.8 Å². The van der Waals surface area contributed by atoms with Crippen LogP contribution in [0.4, 0.5) is 0 Å². The van der Waals surface area contributed by atoms with Gasteiger partial charge in [0.1, 0.15) is 0 Å². The molecule has 80 valence electrons. The summed E-state index contributed by atoms with van der Waals surface area (Å²) in [5, 5.41) is 0. The lowest BCUT2D eigenvalue weighted by Gasteiger charge is -2.21. The Hall–Kier alpha value is -0.280. The largest absolute Gasteiger partial charge is 0.381 e. The predicted octanol–water partition coefficient (Wildman–Crippen LogP) is 1.11. The molecule has 0 radical (unpaired) electrons. The van der Waals surface area contributed by atoms with E-state index in [0.29, 0.717) is 18.4 Å². The molecule has 3 nitrogen and oxygen atoms in total. The van der Waals surface area contributed by atoms with Crippen LogP contribution in [0.1, 0.15) is 12.8 Å². The van der Waals surface area contributed by atoms with Crippen molar-refractivity contribution < 1.29 is 9.53 Å². The van der Waals surface area contributed by atoms with Gasteiger partial charge in [0.25, 0.3) is 0 Å². The summed E-state index contributed by atoms with van der Waals surface area (Å²) in [7, 11) is 0. The second kappa shape index (κ2) is 4.49. The zero-order valence-electron chi connectivity index (χ0n) is 8.25. The van der Waals surface area contributed by atoms with Crippen LogP contribution in [0.3, 0.4) is 0 Å². The number of alkyl halides is 1. The third-order valence-electron chi connectivity index (χ3n) is 3.14. The van der Waals surface area contributed by atoms with E-state index in [1.165, 1.54) is 0 Å². The number of carbonyl (C=O) groups excluding carboxylic acids is 1. The van der Waals surface area contributed by atoms with E-state index < -0.39 is 0 Å². The van der Waals surface area contributed by atoms with Crippen LogP contribution < -0.4 is 0 Å². The molecule has 2 saturated heterocycles. The van der Waals surface area contributed by atoms with Gasteiger partial charge in [0.15, 0.2) is 0 Å². The van der Waals surface area contributed by atoms with Crippen molar-refractivity contribution in [3.63, 3.8) is 0 Å². The molecule has 0 bridgehead atoms. The maximum absolute atomic E-state index is 11.8. The van der Waals surface area contributed by atoms with E-state index >= 15 is 0 Å². The summed E-state index contributed by atoms with van der Waals surface area (Å²) in [6.45, 7) is 3.18. The Labute approximate surface area is 89.4 Å². The fourth-order valence-corrected chi connectivity index (χ4v) is 2.45. The van der Waals surface area contributed by atoms with Crippen molar-refractivity contribution >= 4 is 17.5 Å². The van der Waals surface area contributed by atoms with Gasteiger partial charge in [-0.15, -0.1) is 11.6 Å². The summed E-state index contributed by atoms with van der Waals surface area (Å²) < 4.78 is 5.33. The predicted molar refractivity (Wildman–Crippen MR) is 54.3 cm³/mol. The monoisotopic (exact) mass is 217 g/mol. The van der Waals surface area contributed by atoms with Crippen LogP contribution in [0.5, 0.6) is 0 Å². The molecular weight excluding hydrogens is 202 g/mol. The standard InChI is InChI=1S/C10H16ClNO2/c11-3-1-4-12-6-8-2-5-14-7-9(8)10(12)13/h8-9H,1-7H2. The minimum absolute atomic E-state index is 0.138. The number of rotatable bonds is 3. The second-order valence-corrected chi connectivity index (χ2v) is 4.43. The summed E-state index contributed by atoms with van der Waals surface area (Å²) in [6, 6.07) is 0. The van der Waals surface area contributed by atoms with E-state index in [0.717, 1.165) is 32.5 Å². The maximum atomic E-state index is 11.8. The van der Waals surface area contributed by atoms with E-state index in [2.05, 4.69) is 0 Å². The van der Waals surface area contributed by atoms with Crippen LogP contribution in [-0.4, -0.2) is 43.0 Å². The Balaban J connectivity index is 1.92. The topological polar surface area (TPSA) is 29.5 Å². The summed E-state index contributed by atoms with van der Waals surface area (Å²) in [5.74, 6) is 1.58. The first-order valence-electron chi connectivity index (χ1n) is 5.25. The molecular formula is C10H16ClNO2. The van der Waals surface area contributed by atoms with Crippen LogP contribution in [0.25, 0.3) is 0 Å². The van der Waals surface area contributed by atoms with Crippen molar-refractivity contribution in [2.24, 2.45) is 11.8 Å². The van der Waals surface area contributed by atoms with Gasteiger partial charge >= 0.3 is 0 Å². The number of hydrogen-bond acceptors (Lipinski definition) is 2. The number of likely N-dealkylation sites (tertiary alicyclic amines) is 1. The van der Waals surface area contributed by atoms with Crippen molar-refractivity contribution in [3.05, 3.63) is 0 Å². The van der Waals surface area contributed by atoms with Crippen molar-refractivity contribution in [1.29, 1.82) is 0 Å². The first-order valence-corrected chi connectivity index (χ1v) is 5.79. The molecule has 2 fully saturated rings. The lowest BCUT2D eigenvalue weighted by atomic mass is 9.92. The van der Waals surface area contributed by atoms with Gasteiger partial charge in [0, 0.05) is 25.6 Å². The van der Waals surface area contributed by atoms with Crippen LogP contribution in [0.2, 0.25) is 0 Å². The molecule has 14 heavy (non-hydrogen) atoms. The third-order valence-corrected chi connectivity index (χ3v) is 3.41. The van der Waals surface area contributed by atoms with Crippen molar-refractivity contribution in [1.82, 2.24) is 4.90 Å². The smallest absolute Gasteiger partial charge is 0.228 e. The number of halogens is 1. The summed E-state index contributed by atoms with van der Waals surface area (Å²) >= 11 is 5.62. The highest BCUT2D eigenvalue weighted by Gasteiger charge is 2.41. The summed E-state index contributed by atoms with van der Waals surface area (Å²) in [6.07, 6.45) is 1.93. The molecule has 2 aliphatic heterocycles. The average Bonchev–Trinajstić information content (AvgIpc) is 2.54. The quantitative estimate of drug-likeness (QED) is 0.663. The highest BCUT2D eigenvalue weighted by molar-refractivity contribution is 6.17. The zero-order chi connectivity index (χ0) is 9.97. The molecule has 0 saturated carbocycles. The number of ether oxygens (including phenoxy) is 1. The van der Waals surface area contributed by atoms with Crippen molar-refractivity contribution in [2.75, 3.05) is 32.2 Å². The highest BCUT2D eigenvalue weighted by Crippen LogP contribution is 2.30. The summed E-state index contributed by atoms with van der Waals surface area (Å²) in [5.41, 5.74) is 0. The molecule has 2 unspecified atom stereocenters. The van der Waals surface area contributed by atoms with Crippen LogP contribution >= 0.6 is 11.6 Å². The zero-order valence-corrected chi connectivity index (χ0v) is 9.00. The SMILES string of the molecule is O=C1C2COCCC2CN1CCCCl. The highest BCUT2D eigenvalue weighted by atomic mass is 35.5. The second-order valence-electron chi connectivity index (χ2n) is 4.06. The minimum atomic E-state index is 0.138. The van der Waals surface area contributed by atoms with Gasteiger partial charge in [-0.05, 0) is 18.8 Å². The number of amides is 1. The Kier molecular flexibility index (Phi) is 3.29. The lowest BCUT2D eigenvalue weighted by Crippen LogP contribution is -2.31. The Morgan fingerprint density at radius 1 is 1.57 bits per heavy atom. The first-order chi connectivity index (χ1) is 6.83. The van der Waals surface area contributed by atoms with Crippen LogP contribution in [-0.2, 0) is 9.53 Å². The van der Waals surface area contributed by atoms with Gasteiger partial charge in [-0.3, -0.25) is 4.79 Å².